The minimum atomic E-state index is -0.179. The van der Waals surface area contributed by atoms with E-state index in [0.717, 1.165) is 18.5 Å². The predicted octanol–water partition coefficient (Wildman–Crippen LogP) is 3.96. The Bertz CT molecular complexity index is 450. The fourth-order valence-corrected chi connectivity index (χ4v) is 2.00. The van der Waals surface area contributed by atoms with Crippen LogP contribution in [0.25, 0.3) is 0 Å². The number of pyridine rings is 1. The average molecular weight is 229 g/mol. The van der Waals surface area contributed by atoms with Gasteiger partial charge in [-0.1, -0.05) is 25.1 Å². The number of nitrogens with zero attached hydrogens (tertiary/aromatic N) is 1. The first-order chi connectivity index (χ1) is 8.29. The van der Waals surface area contributed by atoms with Gasteiger partial charge in [-0.25, -0.2) is 4.39 Å². The van der Waals surface area contributed by atoms with Crippen molar-refractivity contribution >= 4 is 0 Å². The van der Waals surface area contributed by atoms with Crippen molar-refractivity contribution in [2.24, 2.45) is 0 Å². The van der Waals surface area contributed by atoms with Crippen LogP contribution in [0.5, 0.6) is 0 Å². The van der Waals surface area contributed by atoms with E-state index < -0.39 is 0 Å². The Labute approximate surface area is 101 Å². The van der Waals surface area contributed by atoms with Crippen molar-refractivity contribution < 1.29 is 4.39 Å². The summed E-state index contributed by atoms with van der Waals surface area (Å²) in [6.07, 6.45) is 3.75. The second-order valence-electron chi connectivity index (χ2n) is 4.18. The molecule has 0 spiro atoms. The highest BCUT2D eigenvalue weighted by atomic mass is 19.1. The monoisotopic (exact) mass is 229 g/mol. The zero-order chi connectivity index (χ0) is 12.1. The quantitative estimate of drug-likeness (QED) is 0.773. The van der Waals surface area contributed by atoms with Crippen molar-refractivity contribution in [3.05, 3.63) is 65.7 Å². The molecule has 0 aliphatic carbocycles. The molecule has 1 nitrogen and oxygen atoms in total. The standard InChI is InChI=1S/C15H16FN/c1-2-12(11-15-5-3-4-10-17-15)13-6-8-14(16)9-7-13/h3-10,12H,2,11H2,1H3. The normalized spacial score (nSPS) is 12.4. The maximum absolute atomic E-state index is 12.9. The van der Waals surface area contributed by atoms with Gasteiger partial charge in [0.1, 0.15) is 5.82 Å². The van der Waals surface area contributed by atoms with Crippen molar-refractivity contribution in [1.29, 1.82) is 0 Å². The van der Waals surface area contributed by atoms with E-state index in [1.165, 1.54) is 17.7 Å². The smallest absolute Gasteiger partial charge is 0.123 e. The molecule has 1 aromatic carbocycles. The molecule has 1 atom stereocenters. The van der Waals surface area contributed by atoms with Gasteiger partial charge >= 0.3 is 0 Å². The number of hydrogen-bond donors (Lipinski definition) is 0. The van der Waals surface area contributed by atoms with Crippen molar-refractivity contribution in [3.63, 3.8) is 0 Å². The molecule has 88 valence electrons. The molecule has 1 heterocycles. The van der Waals surface area contributed by atoms with Crippen LogP contribution in [0, 0.1) is 5.82 Å². The predicted molar refractivity (Wildman–Crippen MR) is 67.4 cm³/mol. The third-order valence-electron chi connectivity index (χ3n) is 3.02. The van der Waals surface area contributed by atoms with Crippen LogP contribution in [0.2, 0.25) is 0 Å². The summed E-state index contributed by atoms with van der Waals surface area (Å²) in [5.74, 6) is 0.229. The molecule has 0 fully saturated rings. The summed E-state index contributed by atoms with van der Waals surface area (Å²) in [4.78, 5) is 4.34. The van der Waals surface area contributed by atoms with Crippen LogP contribution < -0.4 is 0 Å². The van der Waals surface area contributed by atoms with Crippen molar-refractivity contribution in [1.82, 2.24) is 4.98 Å². The molecular formula is C15H16FN. The minimum Gasteiger partial charge on any atom is -0.261 e. The summed E-state index contributed by atoms with van der Waals surface area (Å²) in [6.45, 7) is 2.15. The van der Waals surface area contributed by atoms with Crippen LogP contribution in [0.4, 0.5) is 4.39 Å². The summed E-state index contributed by atoms with van der Waals surface area (Å²) in [7, 11) is 0. The topological polar surface area (TPSA) is 12.9 Å². The molecule has 2 rings (SSSR count). The number of hydrogen-bond acceptors (Lipinski definition) is 1. The van der Waals surface area contributed by atoms with Gasteiger partial charge in [-0.15, -0.1) is 0 Å². The fourth-order valence-electron chi connectivity index (χ4n) is 2.00. The summed E-state index contributed by atoms with van der Waals surface area (Å²) in [6, 6.07) is 12.7. The molecule has 2 heteroatoms. The molecule has 0 saturated heterocycles. The van der Waals surface area contributed by atoms with Gasteiger partial charge in [-0.2, -0.15) is 0 Å². The summed E-state index contributed by atoms with van der Waals surface area (Å²) < 4.78 is 12.9. The van der Waals surface area contributed by atoms with Crippen LogP contribution in [0.15, 0.2) is 48.7 Å². The first kappa shape index (κ1) is 11.8. The zero-order valence-electron chi connectivity index (χ0n) is 9.94. The molecule has 1 unspecified atom stereocenters. The van der Waals surface area contributed by atoms with E-state index in [4.69, 9.17) is 0 Å². The van der Waals surface area contributed by atoms with Gasteiger partial charge in [0.2, 0.25) is 0 Å². The second-order valence-corrected chi connectivity index (χ2v) is 4.18. The Kier molecular flexibility index (Phi) is 3.86. The van der Waals surface area contributed by atoms with Gasteiger partial charge < -0.3 is 0 Å². The largest absolute Gasteiger partial charge is 0.261 e. The molecule has 0 amide bonds. The Morgan fingerprint density at radius 3 is 2.47 bits per heavy atom. The molecule has 0 N–H and O–H groups in total. The molecule has 1 aromatic heterocycles. The number of rotatable bonds is 4. The molecular weight excluding hydrogens is 213 g/mol. The highest BCUT2D eigenvalue weighted by Gasteiger charge is 2.10. The molecule has 0 bridgehead atoms. The number of aromatic nitrogens is 1. The minimum absolute atomic E-state index is 0.179. The molecule has 0 aliphatic rings. The van der Waals surface area contributed by atoms with E-state index in [1.807, 2.05) is 36.5 Å². The van der Waals surface area contributed by atoms with E-state index in [-0.39, 0.29) is 5.82 Å². The van der Waals surface area contributed by atoms with Crippen LogP contribution in [-0.2, 0) is 6.42 Å². The Morgan fingerprint density at radius 2 is 1.88 bits per heavy atom. The van der Waals surface area contributed by atoms with Gasteiger partial charge in [0, 0.05) is 11.9 Å². The fraction of sp³-hybridized carbons (Fsp3) is 0.267. The van der Waals surface area contributed by atoms with E-state index in [2.05, 4.69) is 11.9 Å². The first-order valence-electron chi connectivity index (χ1n) is 5.95. The van der Waals surface area contributed by atoms with E-state index in [0.29, 0.717) is 5.92 Å². The third-order valence-corrected chi connectivity index (χ3v) is 3.02. The maximum atomic E-state index is 12.9. The molecule has 0 saturated carbocycles. The van der Waals surface area contributed by atoms with Gasteiger partial charge in [-0.05, 0) is 48.6 Å². The van der Waals surface area contributed by atoms with Crippen LogP contribution in [0.1, 0.15) is 30.5 Å². The lowest BCUT2D eigenvalue weighted by molar-refractivity contribution is 0.618. The van der Waals surface area contributed by atoms with Gasteiger partial charge in [-0.3, -0.25) is 4.98 Å². The molecule has 0 radical (unpaired) electrons. The van der Waals surface area contributed by atoms with E-state index in [9.17, 15) is 4.39 Å². The first-order valence-corrected chi connectivity index (χ1v) is 5.95. The summed E-state index contributed by atoms with van der Waals surface area (Å²) in [5.41, 5.74) is 2.27. The lowest BCUT2D eigenvalue weighted by Crippen LogP contribution is -2.03. The Hall–Kier alpha value is -1.70. The number of benzene rings is 1. The lowest BCUT2D eigenvalue weighted by Gasteiger charge is -2.14. The number of halogens is 1. The third kappa shape index (κ3) is 3.13. The lowest BCUT2D eigenvalue weighted by atomic mass is 9.92. The van der Waals surface area contributed by atoms with Crippen molar-refractivity contribution in [3.8, 4) is 0 Å². The van der Waals surface area contributed by atoms with Gasteiger partial charge in [0.15, 0.2) is 0 Å². The molecule has 0 aliphatic heterocycles. The average Bonchev–Trinajstić information content (AvgIpc) is 2.38. The molecule has 17 heavy (non-hydrogen) atoms. The molecule has 2 aromatic rings. The zero-order valence-corrected chi connectivity index (χ0v) is 9.94. The SMILES string of the molecule is CCC(Cc1ccccn1)c1ccc(F)cc1. The van der Waals surface area contributed by atoms with Gasteiger partial charge in [0.25, 0.3) is 0 Å². The van der Waals surface area contributed by atoms with Gasteiger partial charge in [0.05, 0.1) is 0 Å². The highest BCUT2D eigenvalue weighted by Crippen LogP contribution is 2.23. The van der Waals surface area contributed by atoms with Crippen molar-refractivity contribution in [2.45, 2.75) is 25.7 Å². The Balaban J connectivity index is 2.14. The maximum Gasteiger partial charge on any atom is 0.123 e. The van der Waals surface area contributed by atoms with E-state index in [1.54, 1.807) is 0 Å². The van der Waals surface area contributed by atoms with E-state index >= 15 is 0 Å². The van der Waals surface area contributed by atoms with Crippen LogP contribution in [-0.4, -0.2) is 4.98 Å². The Morgan fingerprint density at radius 1 is 1.12 bits per heavy atom. The summed E-state index contributed by atoms with van der Waals surface area (Å²) >= 11 is 0. The summed E-state index contributed by atoms with van der Waals surface area (Å²) in [5, 5.41) is 0. The highest BCUT2D eigenvalue weighted by molar-refractivity contribution is 5.22. The second kappa shape index (κ2) is 5.58. The van der Waals surface area contributed by atoms with Crippen LogP contribution in [0.3, 0.4) is 0 Å². The van der Waals surface area contributed by atoms with Crippen molar-refractivity contribution in [2.75, 3.05) is 0 Å². The van der Waals surface area contributed by atoms with Crippen LogP contribution >= 0.6 is 0 Å².